The molecular formula is C9H18O3. The Bertz CT molecular complexity index is 122. The van der Waals surface area contributed by atoms with Gasteiger partial charge in [0.15, 0.2) is 5.79 Å². The summed E-state index contributed by atoms with van der Waals surface area (Å²) < 4.78 is 10.6. The molecule has 1 N–H and O–H groups in total. The number of hydrogen-bond acceptors (Lipinski definition) is 3. The molecule has 0 saturated carbocycles. The summed E-state index contributed by atoms with van der Waals surface area (Å²) >= 11 is 0. The predicted molar refractivity (Wildman–Crippen MR) is 45.8 cm³/mol. The second-order valence-electron chi connectivity index (χ2n) is 3.75. The van der Waals surface area contributed by atoms with Crippen molar-refractivity contribution in [2.45, 2.75) is 45.0 Å². The van der Waals surface area contributed by atoms with Gasteiger partial charge in [0, 0.05) is 6.61 Å². The molecule has 0 spiro atoms. The maximum atomic E-state index is 9.27. The van der Waals surface area contributed by atoms with Crippen molar-refractivity contribution >= 4 is 0 Å². The molecule has 1 rings (SSSR count). The van der Waals surface area contributed by atoms with E-state index in [0.29, 0.717) is 6.61 Å². The molecule has 12 heavy (non-hydrogen) atoms. The Kier molecular flexibility index (Phi) is 3.50. The summed E-state index contributed by atoms with van der Waals surface area (Å²) in [6.07, 6.45) is 3.60. The van der Waals surface area contributed by atoms with Crippen LogP contribution in [-0.4, -0.2) is 30.2 Å². The van der Waals surface area contributed by atoms with Gasteiger partial charge in [0.2, 0.25) is 0 Å². The zero-order chi connectivity index (χ0) is 9.03. The van der Waals surface area contributed by atoms with E-state index in [4.69, 9.17) is 9.47 Å². The Morgan fingerprint density at radius 1 is 1.50 bits per heavy atom. The molecule has 3 heteroatoms. The molecule has 0 aliphatic carbocycles. The van der Waals surface area contributed by atoms with Crippen LogP contribution in [-0.2, 0) is 9.47 Å². The highest BCUT2D eigenvalue weighted by Gasteiger charge is 2.18. The number of rotatable bonds is 3. The van der Waals surface area contributed by atoms with Crippen LogP contribution in [0.5, 0.6) is 0 Å². The van der Waals surface area contributed by atoms with Crippen molar-refractivity contribution in [3.05, 3.63) is 0 Å². The molecule has 1 aliphatic heterocycles. The topological polar surface area (TPSA) is 38.7 Å². The highest BCUT2D eigenvalue weighted by Crippen LogP contribution is 2.14. The number of aliphatic hydroxyl groups is 1. The van der Waals surface area contributed by atoms with Crippen LogP contribution in [0, 0.1) is 0 Å². The van der Waals surface area contributed by atoms with Gasteiger partial charge in [-0.05, 0) is 33.1 Å². The van der Waals surface area contributed by atoms with Crippen molar-refractivity contribution in [1.29, 1.82) is 0 Å². The summed E-state index contributed by atoms with van der Waals surface area (Å²) in [5.74, 6) is -1.03. The first-order valence-electron chi connectivity index (χ1n) is 4.56. The smallest absolute Gasteiger partial charge is 0.159 e. The van der Waals surface area contributed by atoms with Crippen molar-refractivity contribution in [3.63, 3.8) is 0 Å². The summed E-state index contributed by atoms with van der Waals surface area (Å²) in [6, 6.07) is 0. The Hall–Kier alpha value is -0.120. The van der Waals surface area contributed by atoms with Crippen LogP contribution >= 0.6 is 0 Å². The van der Waals surface area contributed by atoms with Crippen molar-refractivity contribution in [2.75, 3.05) is 13.2 Å². The van der Waals surface area contributed by atoms with Crippen molar-refractivity contribution in [2.24, 2.45) is 0 Å². The van der Waals surface area contributed by atoms with Gasteiger partial charge >= 0.3 is 0 Å². The standard InChI is InChI=1S/C9H18O3/c1-9(2,10)12-7-8-5-3-4-6-11-8/h8,10H,3-7H2,1-2H3. The second kappa shape index (κ2) is 4.21. The molecule has 0 aromatic heterocycles. The third kappa shape index (κ3) is 4.04. The molecule has 3 nitrogen and oxygen atoms in total. The van der Waals surface area contributed by atoms with Gasteiger partial charge in [0.1, 0.15) is 0 Å². The van der Waals surface area contributed by atoms with E-state index in [2.05, 4.69) is 0 Å². The molecule has 0 radical (unpaired) electrons. The maximum absolute atomic E-state index is 9.27. The predicted octanol–water partition coefficient (Wildman–Crippen LogP) is 1.30. The Labute approximate surface area is 73.7 Å². The van der Waals surface area contributed by atoms with Gasteiger partial charge in [-0.25, -0.2) is 0 Å². The van der Waals surface area contributed by atoms with E-state index in [1.807, 2.05) is 0 Å². The minimum absolute atomic E-state index is 0.185. The van der Waals surface area contributed by atoms with Crippen molar-refractivity contribution < 1.29 is 14.6 Å². The van der Waals surface area contributed by atoms with E-state index in [9.17, 15) is 5.11 Å². The Morgan fingerprint density at radius 2 is 2.25 bits per heavy atom. The van der Waals surface area contributed by atoms with Gasteiger partial charge in [-0.15, -0.1) is 0 Å². The van der Waals surface area contributed by atoms with Crippen LogP contribution in [0.1, 0.15) is 33.1 Å². The minimum atomic E-state index is -1.03. The molecule has 1 heterocycles. The summed E-state index contributed by atoms with van der Waals surface area (Å²) in [4.78, 5) is 0. The largest absolute Gasteiger partial charge is 0.376 e. The fraction of sp³-hybridized carbons (Fsp3) is 1.00. The highest BCUT2D eigenvalue weighted by atomic mass is 16.6. The van der Waals surface area contributed by atoms with Crippen LogP contribution in [0.25, 0.3) is 0 Å². The lowest BCUT2D eigenvalue weighted by Crippen LogP contribution is -2.31. The van der Waals surface area contributed by atoms with Gasteiger partial charge in [0.25, 0.3) is 0 Å². The first-order valence-corrected chi connectivity index (χ1v) is 4.56. The molecule has 1 saturated heterocycles. The van der Waals surface area contributed by atoms with E-state index in [1.54, 1.807) is 13.8 Å². The molecule has 1 aliphatic rings. The van der Waals surface area contributed by atoms with Crippen molar-refractivity contribution in [1.82, 2.24) is 0 Å². The van der Waals surface area contributed by atoms with E-state index >= 15 is 0 Å². The molecule has 0 amide bonds. The Balaban J connectivity index is 2.13. The van der Waals surface area contributed by atoms with E-state index in [-0.39, 0.29) is 6.10 Å². The van der Waals surface area contributed by atoms with Gasteiger partial charge < -0.3 is 14.6 Å². The first kappa shape index (κ1) is 9.96. The lowest BCUT2D eigenvalue weighted by Gasteiger charge is -2.26. The van der Waals surface area contributed by atoms with Crippen LogP contribution in [0.2, 0.25) is 0 Å². The van der Waals surface area contributed by atoms with Crippen LogP contribution in [0.15, 0.2) is 0 Å². The summed E-state index contributed by atoms with van der Waals surface area (Å²) in [6.45, 7) is 4.61. The Morgan fingerprint density at radius 3 is 2.75 bits per heavy atom. The summed E-state index contributed by atoms with van der Waals surface area (Å²) in [5, 5.41) is 9.27. The monoisotopic (exact) mass is 174 g/mol. The average molecular weight is 174 g/mol. The van der Waals surface area contributed by atoms with E-state index in [1.165, 1.54) is 6.42 Å². The molecular weight excluding hydrogens is 156 g/mol. The van der Waals surface area contributed by atoms with E-state index in [0.717, 1.165) is 19.4 Å². The minimum Gasteiger partial charge on any atom is -0.376 e. The van der Waals surface area contributed by atoms with Gasteiger partial charge in [-0.3, -0.25) is 0 Å². The third-order valence-corrected chi connectivity index (χ3v) is 1.90. The second-order valence-corrected chi connectivity index (χ2v) is 3.75. The SMILES string of the molecule is CC(C)(O)OCC1CCCCO1. The van der Waals surface area contributed by atoms with Gasteiger partial charge in [-0.2, -0.15) is 0 Å². The van der Waals surface area contributed by atoms with Crippen molar-refractivity contribution in [3.8, 4) is 0 Å². The molecule has 1 unspecified atom stereocenters. The van der Waals surface area contributed by atoms with Gasteiger partial charge in [-0.1, -0.05) is 0 Å². The van der Waals surface area contributed by atoms with Crippen LogP contribution < -0.4 is 0 Å². The molecule has 0 aromatic carbocycles. The molecule has 0 bridgehead atoms. The van der Waals surface area contributed by atoms with Crippen LogP contribution in [0.3, 0.4) is 0 Å². The lowest BCUT2D eigenvalue weighted by atomic mass is 10.1. The first-order chi connectivity index (χ1) is 5.58. The van der Waals surface area contributed by atoms with Gasteiger partial charge in [0.05, 0.1) is 12.7 Å². The fourth-order valence-electron chi connectivity index (χ4n) is 1.24. The number of ether oxygens (including phenoxy) is 2. The average Bonchev–Trinajstić information content (AvgIpc) is 2.02. The quantitative estimate of drug-likeness (QED) is 0.655. The zero-order valence-corrected chi connectivity index (χ0v) is 7.88. The summed E-state index contributed by atoms with van der Waals surface area (Å²) in [5.41, 5.74) is 0. The molecule has 1 atom stereocenters. The summed E-state index contributed by atoms with van der Waals surface area (Å²) in [7, 11) is 0. The maximum Gasteiger partial charge on any atom is 0.159 e. The fourth-order valence-corrected chi connectivity index (χ4v) is 1.24. The molecule has 72 valence electrons. The molecule has 1 fully saturated rings. The highest BCUT2D eigenvalue weighted by molar-refractivity contribution is 4.63. The normalized spacial score (nSPS) is 25.8. The van der Waals surface area contributed by atoms with E-state index < -0.39 is 5.79 Å². The molecule has 0 aromatic rings. The number of hydrogen-bond donors (Lipinski definition) is 1. The van der Waals surface area contributed by atoms with Crippen LogP contribution in [0.4, 0.5) is 0 Å². The third-order valence-electron chi connectivity index (χ3n) is 1.90. The zero-order valence-electron chi connectivity index (χ0n) is 7.88. The lowest BCUT2D eigenvalue weighted by molar-refractivity contribution is -0.198.